The van der Waals surface area contributed by atoms with Crippen LogP contribution >= 0.6 is 23.8 Å². The largest absolute Gasteiger partial charge is 0.484 e. The molecule has 2 aromatic carbocycles. The summed E-state index contributed by atoms with van der Waals surface area (Å²) in [5, 5.41) is 3.14. The average molecular weight is 321 g/mol. The fraction of sp³-hybridized carbons (Fsp3) is 0.0667. The lowest BCUT2D eigenvalue weighted by atomic mass is 10.2. The van der Waals surface area contributed by atoms with E-state index in [1.807, 2.05) is 0 Å². The number of carbonyl (C=O) groups is 1. The van der Waals surface area contributed by atoms with Gasteiger partial charge in [0.15, 0.2) is 0 Å². The number of halogens is 1. The lowest BCUT2D eigenvalue weighted by Crippen LogP contribution is -2.19. The zero-order valence-corrected chi connectivity index (χ0v) is 12.6. The molecule has 0 spiro atoms. The Morgan fingerprint density at radius 2 is 1.86 bits per heavy atom. The molecule has 6 heteroatoms. The van der Waals surface area contributed by atoms with E-state index in [0.29, 0.717) is 22.0 Å². The van der Waals surface area contributed by atoms with E-state index in [4.69, 9.17) is 34.3 Å². The van der Waals surface area contributed by atoms with E-state index in [0.717, 1.165) is 0 Å². The highest BCUT2D eigenvalue weighted by Gasteiger charge is 2.12. The normalized spacial score (nSPS) is 9.95. The van der Waals surface area contributed by atoms with Gasteiger partial charge in [-0.05, 0) is 24.3 Å². The smallest absolute Gasteiger partial charge is 0.257 e. The maximum Gasteiger partial charge on any atom is 0.257 e. The lowest BCUT2D eigenvalue weighted by molar-refractivity contribution is 0.102. The van der Waals surface area contributed by atoms with Crippen LogP contribution in [0.5, 0.6) is 5.75 Å². The minimum atomic E-state index is -0.313. The SMILES string of the molecule is NC(=S)COc1ccccc1NC(=O)c1ccccc1Cl. The molecule has 0 saturated heterocycles. The molecule has 0 aliphatic heterocycles. The van der Waals surface area contributed by atoms with Gasteiger partial charge in [0.2, 0.25) is 0 Å². The average Bonchev–Trinajstić information content (AvgIpc) is 2.46. The van der Waals surface area contributed by atoms with Crippen molar-refractivity contribution in [3.63, 3.8) is 0 Å². The number of hydrogen-bond donors (Lipinski definition) is 2. The van der Waals surface area contributed by atoms with Crippen LogP contribution in [0.25, 0.3) is 0 Å². The van der Waals surface area contributed by atoms with E-state index >= 15 is 0 Å². The number of carbonyl (C=O) groups excluding carboxylic acids is 1. The number of benzene rings is 2. The highest BCUT2D eigenvalue weighted by atomic mass is 35.5. The first-order chi connectivity index (χ1) is 10.1. The molecule has 0 radical (unpaired) electrons. The fourth-order valence-corrected chi connectivity index (χ4v) is 1.96. The molecule has 0 aliphatic rings. The quantitative estimate of drug-likeness (QED) is 0.830. The van der Waals surface area contributed by atoms with Gasteiger partial charge in [-0.3, -0.25) is 4.79 Å². The van der Waals surface area contributed by atoms with Crippen molar-refractivity contribution in [1.29, 1.82) is 0 Å². The zero-order chi connectivity index (χ0) is 15.2. The third-order valence-corrected chi connectivity index (χ3v) is 3.07. The Kier molecular flexibility index (Phi) is 5.14. The Balaban J connectivity index is 2.18. The monoisotopic (exact) mass is 320 g/mol. The van der Waals surface area contributed by atoms with E-state index in [2.05, 4.69) is 5.32 Å². The summed E-state index contributed by atoms with van der Waals surface area (Å²) in [6.07, 6.45) is 0. The number of amides is 1. The van der Waals surface area contributed by atoms with Gasteiger partial charge in [-0.15, -0.1) is 0 Å². The first-order valence-electron chi connectivity index (χ1n) is 6.14. The Labute approximate surface area is 132 Å². The van der Waals surface area contributed by atoms with Gasteiger partial charge < -0.3 is 15.8 Å². The number of hydrogen-bond acceptors (Lipinski definition) is 3. The molecule has 2 aromatic rings. The summed E-state index contributed by atoms with van der Waals surface area (Å²) >= 11 is 10.8. The molecule has 0 fully saturated rings. The van der Waals surface area contributed by atoms with Crippen molar-refractivity contribution in [3.05, 3.63) is 59.1 Å². The molecule has 0 unspecified atom stereocenters. The van der Waals surface area contributed by atoms with Crippen LogP contribution < -0.4 is 15.8 Å². The summed E-state index contributed by atoms with van der Waals surface area (Å²) in [6, 6.07) is 13.8. The number of ether oxygens (including phenoxy) is 1. The Bertz CT molecular complexity index is 676. The third kappa shape index (κ3) is 4.18. The molecular weight excluding hydrogens is 308 g/mol. The van der Waals surface area contributed by atoms with Crippen molar-refractivity contribution in [3.8, 4) is 5.75 Å². The molecule has 0 aromatic heterocycles. The van der Waals surface area contributed by atoms with Gasteiger partial charge in [-0.2, -0.15) is 0 Å². The van der Waals surface area contributed by atoms with E-state index in [1.54, 1.807) is 48.5 Å². The molecular formula is C15H13ClN2O2S. The molecule has 1 amide bonds. The van der Waals surface area contributed by atoms with Gasteiger partial charge in [-0.25, -0.2) is 0 Å². The first-order valence-corrected chi connectivity index (χ1v) is 6.92. The van der Waals surface area contributed by atoms with Gasteiger partial charge in [-0.1, -0.05) is 48.1 Å². The fourth-order valence-electron chi connectivity index (χ4n) is 1.68. The summed E-state index contributed by atoms with van der Waals surface area (Å²) in [6.45, 7) is 0.105. The second-order valence-corrected chi connectivity index (χ2v) is 5.12. The zero-order valence-electron chi connectivity index (χ0n) is 11.0. The van der Waals surface area contributed by atoms with E-state index in [1.165, 1.54) is 0 Å². The second-order valence-electron chi connectivity index (χ2n) is 4.19. The molecule has 21 heavy (non-hydrogen) atoms. The maximum atomic E-state index is 12.2. The summed E-state index contributed by atoms with van der Waals surface area (Å²) < 4.78 is 5.45. The first kappa shape index (κ1) is 15.3. The number of nitrogens with one attached hydrogen (secondary N) is 1. The number of anilines is 1. The molecule has 0 atom stereocenters. The molecule has 2 rings (SSSR count). The minimum absolute atomic E-state index is 0.105. The van der Waals surface area contributed by atoms with Gasteiger partial charge >= 0.3 is 0 Å². The lowest BCUT2D eigenvalue weighted by Gasteiger charge is -2.12. The molecule has 4 nitrogen and oxygen atoms in total. The molecule has 3 N–H and O–H groups in total. The van der Waals surface area contributed by atoms with Crippen molar-refractivity contribution in [2.45, 2.75) is 0 Å². The minimum Gasteiger partial charge on any atom is -0.484 e. The van der Waals surface area contributed by atoms with Crippen molar-refractivity contribution in [1.82, 2.24) is 0 Å². The Morgan fingerprint density at radius 1 is 1.19 bits per heavy atom. The predicted molar refractivity (Wildman–Crippen MR) is 88.1 cm³/mol. The van der Waals surface area contributed by atoms with Crippen molar-refractivity contribution in [2.75, 3.05) is 11.9 Å². The molecule has 108 valence electrons. The Hall–Kier alpha value is -2.11. The van der Waals surface area contributed by atoms with Crippen LogP contribution in [0.4, 0.5) is 5.69 Å². The van der Waals surface area contributed by atoms with E-state index in [-0.39, 0.29) is 17.5 Å². The summed E-state index contributed by atoms with van der Waals surface area (Å²) in [7, 11) is 0. The van der Waals surface area contributed by atoms with E-state index < -0.39 is 0 Å². The number of nitrogens with two attached hydrogens (primary N) is 1. The van der Waals surface area contributed by atoms with Gasteiger partial charge in [0.1, 0.15) is 17.3 Å². The molecule has 0 saturated carbocycles. The van der Waals surface area contributed by atoms with Crippen LogP contribution in [0.2, 0.25) is 5.02 Å². The van der Waals surface area contributed by atoms with Crippen molar-refractivity contribution >= 4 is 40.4 Å². The van der Waals surface area contributed by atoms with Crippen LogP contribution in [-0.4, -0.2) is 17.5 Å². The number of para-hydroxylation sites is 2. The van der Waals surface area contributed by atoms with Crippen LogP contribution in [0.3, 0.4) is 0 Å². The van der Waals surface area contributed by atoms with E-state index in [9.17, 15) is 4.79 Å². The molecule has 0 heterocycles. The Morgan fingerprint density at radius 3 is 2.57 bits per heavy atom. The van der Waals surface area contributed by atoms with Crippen molar-refractivity contribution < 1.29 is 9.53 Å². The van der Waals surface area contributed by atoms with Gasteiger partial charge in [0, 0.05) is 0 Å². The van der Waals surface area contributed by atoms with Crippen molar-refractivity contribution in [2.24, 2.45) is 5.73 Å². The number of thiocarbonyl (C=S) groups is 1. The van der Waals surface area contributed by atoms with Crippen LogP contribution in [0, 0.1) is 0 Å². The van der Waals surface area contributed by atoms with Gasteiger partial charge in [0.05, 0.1) is 16.3 Å². The second kappa shape index (κ2) is 7.06. The highest BCUT2D eigenvalue weighted by molar-refractivity contribution is 7.80. The topological polar surface area (TPSA) is 64.3 Å². The van der Waals surface area contributed by atoms with Crippen LogP contribution in [0.15, 0.2) is 48.5 Å². The standard InChI is InChI=1S/C15H13ClN2O2S/c16-11-6-2-1-5-10(11)15(19)18-12-7-3-4-8-13(12)20-9-14(17)21/h1-8H,9H2,(H2,17,21)(H,18,19). The molecule has 0 aliphatic carbocycles. The third-order valence-electron chi connectivity index (χ3n) is 2.62. The number of rotatable bonds is 5. The molecule has 0 bridgehead atoms. The van der Waals surface area contributed by atoms with Crippen LogP contribution in [0.1, 0.15) is 10.4 Å². The summed E-state index contributed by atoms with van der Waals surface area (Å²) in [4.78, 5) is 12.5. The highest BCUT2D eigenvalue weighted by Crippen LogP contribution is 2.25. The van der Waals surface area contributed by atoms with Crippen LogP contribution in [-0.2, 0) is 0 Å². The predicted octanol–water partition coefficient (Wildman–Crippen LogP) is 3.26. The maximum absolute atomic E-state index is 12.2. The van der Waals surface area contributed by atoms with Gasteiger partial charge in [0.25, 0.3) is 5.91 Å². The summed E-state index contributed by atoms with van der Waals surface area (Å²) in [5.41, 5.74) is 6.32. The summed E-state index contributed by atoms with van der Waals surface area (Å²) in [5.74, 6) is 0.178.